The molecular weight excluding hydrogens is 301 g/mol. The lowest BCUT2D eigenvalue weighted by Gasteiger charge is -2.31. The molecule has 1 heterocycles. The van der Waals surface area contributed by atoms with E-state index in [-0.39, 0.29) is 23.1 Å². The van der Waals surface area contributed by atoms with Crippen LogP contribution in [0.25, 0.3) is 0 Å². The Morgan fingerprint density at radius 1 is 1.45 bits per heavy atom. The van der Waals surface area contributed by atoms with Gasteiger partial charge in [0, 0.05) is 18.7 Å². The topological polar surface area (TPSA) is 58.4 Å². The fourth-order valence-corrected chi connectivity index (χ4v) is 2.65. The third kappa shape index (κ3) is 4.31. The largest absolute Gasteiger partial charge is 0.317 e. The zero-order chi connectivity index (χ0) is 13.8. The second-order valence-corrected chi connectivity index (χ2v) is 5.35. The van der Waals surface area contributed by atoms with Crippen molar-refractivity contribution in [3.8, 4) is 0 Å². The van der Waals surface area contributed by atoms with Gasteiger partial charge in [-0.25, -0.2) is 0 Å². The number of piperidine rings is 1. The number of hydrogen-bond acceptors (Lipinski definition) is 4. The molecule has 0 spiro atoms. The quantitative estimate of drug-likeness (QED) is 0.684. The lowest BCUT2D eigenvalue weighted by molar-refractivity contribution is -0.384. The fraction of sp³-hybridized carbons (Fsp3) is 0.538. The van der Waals surface area contributed by atoms with Crippen molar-refractivity contribution in [1.82, 2.24) is 10.2 Å². The molecule has 0 atom stereocenters. The first kappa shape index (κ1) is 17.2. The minimum Gasteiger partial charge on any atom is -0.317 e. The summed E-state index contributed by atoms with van der Waals surface area (Å²) in [6.45, 7) is 2.79. The maximum absolute atomic E-state index is 10.9. The number of hydrogen-bond donors (Lipinski definition) is 1. The molecule has 20 heavy (non-hydrogen) atoms. The van der Waals surface area contributed by atoms with Crippen molar-refractivity contribution in [3.05, 3.63) is 38.9 Å². The molecule has 2 rings (SSSR count). The highest BCUT2D eigenvalue weighted by Crippen LogP contribution is 2.26. The standard InChI is InChI=1S/C13H18ClN3O2.ClH/c1-16(11-4-6-15-7-5-11)9-10-2-3-12(14)13(8-10)17(18)19;/h2-3,8,11,15H,4-7,9H2,1H3;1H. The molecule has 1 fully saturated rings. The van der Waals surface area contributed by atoms with Gasteiger partial charge in [-0.15, -0.1) is 12.4 Å². The van der Waals surface area contributed by atoms with Gasteiger partial charge in [0.05, 0.1) is 4.92 Å². The Morgan fingerprint density at radius 3 is 2.70 bits per heavy atom. The number of nitrogens with one attached hydrogen (secondary N) is 1. The molecule has 0 aliphatic carbocycles. The van der Waals surface area contributed by atoms with Crippen LogP contribution in [0.4, 0.5) is 5.69 Å². The van der Waals surface area contributed by atoms with E-state index in [0.717, 1.165) is 31.5 Å². The summed E-state index contributed by atoms with van der Waals surface area (Å²) in [4.78, 5) is 12.7. The molecule has 0 radical (unpaired) electrons. The second kappa shape index (κ2) is 7.78. The van der Waals surface area contributed by atoms with Crippen molar-refractivity contribution < 1.29 is 4.92 Å². The Labute approximate surface area is 129 Å². The number of halogens is 2. The molecule has 1 saturated heterocycles. The van der Waals surface area contributed by atoms with Crippen LogP contribution in [0.3, 0.4) is 0 Å². The molecule has 0 aromatic heterocycles. The SMILES string of the molecule is CN(Cc1ccc(Cl)c([N+](=O)[O-])c1)C1CCNCC1.Cl. The molecule has 1 aromatic rings. The number of nitrogens with zero attached hydrogens (tertiary/aromatic N) is 2. The summed E-state index contributed by atoms with van der Waals surface area (Å²) in [5.41, 5.74) is 0.912. The van der Waals surface area contributed by atoms with Crippen molar-refractivity contribution in [2.24, 2.45) is 0 Å². The van der Waals surface area contributed by atoms with Crippen LogP contribution in [0.1, 0.15) is 18.4 Å². The predicted molar refractivity (Wildman–Crippen MR) is 82.7 cm³/mol. The molecule has 0 bridgehead atoms. The Morgan fingerprint density at radius 2 is 2.10 bits per heavy atom. The van der Waals surface area contributed by atoms with Crippen LogP contribution >= 0.6 is 24.0 Å². The third-order valence-electron chi connectivity index (χ3n) is 3.57. The van der Waals surface area contributed by atoms with E-state index in [2.05, 4.69) is 17.3 Å². The van der Waals surface area contributed by atoms with Gasteiger partial charge in [0.25, 0.3) is 5.69 Å². The molecule has 0 unspecified atom stereocenters. The summed E-state index contributed by atoms with van der Waals surface area (Å²) in [6.07, 6.45) is 2.23. The fourth-order valence-electron chi connectivity index (χ4n) is 2.46. The van der Waals surface area contributed by atoms with E-state index in [9.17, 15) is 10.1 Å². The van der Waals surface area contributed by atoms with Gasteiger partial charge in [-0.05, 0) is 44.6 Å². The second-order valence-electron chi connectivity index (χ2n) is 4.94. The molecule has 1 aliphatic heterocycles. The van der Waals surface area contributed by atoms with Gasteiger partial charge in [-0.1, -0.05) is 17.7 Å². The molecule has 1 aromatic carbocycles. The minimum atomic E-state index is -0.434. The smallest absolute Gasteiger partial charge is 0.288 e. The Hall–Kier alpha value is -0.880. The lowest BCUT2D eigenvalue weighted by atomic mass is 10.0. The molecule has 1 aliphatic rings. The van der Waals surface area contributed by atoms with E-state index in [1.165, 1.54) is 0 Å². The van der Waals surface area contributed by atoms with E-state index in [1.54, 1.807) is 12.1 Å². The molecule has 0 saturated carbocycles. The van der Waals surface area contributed by atoms with E-state index < -0.39 is 4.92 Å². The average molecular weight is 320 g/mol. The van der Waals surface area contributed by atoms with E-state index >= 15 is 0 Å². The first-order valence-corrected chi connectivity index (χ1v) is 6.79. The van der Waals surface area contributed by atoms with E-state index in [0.29, 0.717) is 12.6 Å². The predicted octanol–water partition coefficient (Wildman–Crippen LogP) is 2.85. The highest BCUT2D eigenvalue weighted by atomic mass is 35.5. The van der Waals surface area contributed by atoms with Crippen molar-refractivity contribution in [1.29, 1.82) is 0 Å². The van der Waals surface area contributed by atoms with Gasteiger partial charge < -0.3 is 5.32 Å². The maximum atomic E-state index is 10.9. The van der Waals surface area contributed by atoms with Gasteiger partial charge >= 0.3 is 0 Å². The van der Waals surface area contributed by atoms with E-state index in [1.807, 2.05) is 6.07 Å². The summed E-state index contributed by atoms with van der Waals surface area (Å²) in [7, 11) is 2.07. The monoisotopic (exact) mass is 319 g/mol. The first-order valence-electron chi connectivity index (χ1n) is 6.41. The summed E-state index contributed by atoms with van der Waals surface area (Å²) in [5, 5.41) is 14.4. The third-order valence-corrected chi connectivity index (χ3v) is 3.89. The molecule has 7 heteroatoms. The number of nitro benzene ring substituents is 1. The van der Waals surface area contributed by atoms with Crippen LogP contribution < -0.4 is 5.32 Å². The van der Waals surface area contributed by atoms with Crippen molar-refractivity contribution in [2.45, 2.75) is 25.4 Å². The van der Waals surface area contributed by atoms with Crippen LogP contribution in [-0.4, -0.2) is 36.0 Å². The summed E-state index contributed by atoms with van der Waals surface area (Å²) >= 11 is 5.81. The zero-order valence-corrected chi connectivity index (χ0v) is 12.9. The number of benzene rings is 1. The van der Waals surface area contributed by atoms with Gasteiger partial charge in [0.1, 0.15) is 5.02 Å². The Bertz CT molecular complexity index is 465. The molecule has 0 amide bonds. The van der Waals surface area contributed by atoms with Crippen LogP contribution in [0.5, 0.6) is 0 Å². The number of nitro groups is 1. The van der Waals surface area contributed by atoms with Crippen molar-refractivity contribution in [3.63, 3.8) is 0 Å². The normalized spacial score (nSPS) is 15.9. The van der Waals surface area contributed by atoms with Crippen LogP contribution in [0, 0.1) is 10.1 Å². The molecular formula is C13H19Cl2N3O2. The van der Waals surface area contributed by atoms with Crippen LogP contribution in [-0.2, 0) is 6.54 Å². The number of rotatable bonds is 4. The Balaban J connectivity index is 0.00000200. The average Bonchev–Trinajstić information content (AvgIpc) is 2.41. The van der Waals surface area contributed by atoms with Gasteiger partial charge in [0.15, 0.2) is 0 Å². The minimum absolute atomic E-state index is 0. The summed E-state index contributed by atoms with van der Waals surface area (Å²) in [6, 6.07) is 5.56. The zero-order valence-electron chi connectivity index (χ0n) is 11.3. The summed E-state index contributed by atoms with van der Waals surface area (Å²) in [5.74, 6) is 0. The van der Waals surface area contributed by atoms with Crippen molar-refractivity contribution >= 4 is 29.7 Å². The van der Waals surface area contributed by atoms with Gasteiger partial charge in [-0.2, -0.15) is 0 Å². The van der Waals surface area contributed by atoms with Crippen LogP contribution in [0.2, 0.25) is 5.02 Å². The highest BCUT2D eigenvalue weighted by Gasteiger charge is 2.19. The molecule has 112 valence electrons. The molecule has 1 N–H and O–H groups in total. The van der Waals surface area contributed by atoms with Crippen molar-refractivity contribution in [2.75, 3.05) is 20.1 Å². The van der Waals surface area contributed by atoms with Gasteiger partial charge in [0.2, 0.25) is 0 Å². The Kier molecular flexibility index (Phi) is 6.68. The molecule has 5 nitrogen and oxygen atoms in total. The van der Waals surface area contributed by atoms with Crippen LogP contribution in [0.15, 0.2) is 18.2 Å². The highest BCUT2D eigenvalue weighted by molar-refractivity contribution is 6.32. The lowest BCUT2D eigenvalue weighted by Crippen LogP contribution is -2.40. The van der Waals surface area contributed by atoms with Gasteiger partial charge in [-0.3, -0.25) is 15.0 Å². The first-order chi connectivity index (χ1) is 9.08. The maximum Gasteiger partial charge on any atom is 0.288 e. The summed E-state index contributed by atoms with van der Waals surface area (Å²) < 4.78 is 0. The van der Waals surface area contributed by atoms with E-state index in [4.69, 9.17) is 11.6 Å².